The maximum atomic E-state index is 12.5. The molecule has 0 aliphatic heterocycles. The van der Waals surface area contributed by atoms with E-state index in [1.165, 1.54) is 11.3 Å². The molecule has 0 bridgehead atoms. The zero-order valence-corrected chi connectivity index (χ0v) is 19.9. The fraction of sp³-hybridized carbons (Fsp3) is 0.200. The van der Waals surface area contributed by atoms with Crippen molar-refractivity contribution in [2.75, 3.05) is 23.1 Å². The van der Waals surface area contributed by atoms with Gasteiger partial charge in [-0.3, -0.25) is 4.79 Å². The molecule has 2 aromatic carbocycles. The molecule has 1 aliphatic rings. The molecule has 1 fully saturated rings. The summed E-state index contributed by atoms with van der Waals surface area (Å²) in [6.07, 6.45) is 1.87. The Morgan fingerprint density at radius 1 is 0.971 bits per heavy atom. The SMILES string of the molecule is COc1cccc(NC(=O)Nc2ccc(C)c(Oc3ccc4nc(NC(=O)C5CC5)sc4n3)c2)c1. The number of urea groups is 1. The number of aromatic nitrogens is 2. The zero-order chi connectivity index (χ0) is 24.4. The van der Waals surface area contributed by atoms with Gasteiger partial charge in [0.1, 0.15) is 21.8 Å². The van der Waals surface area contributed by atoms with Gasteiger partial charge in [-0.2, -0.15) is 0 Å². The van der Waals surface area contributed by atoms with Gasteiger partial charge in [0.05, 0.1) is 7.11 Å². The molecule has 10 heteroatoms. The summed E-state index contributed by atoms with van der Waals surface area (Å²) in [6.45, 7) is 1.91. The number of hydrogen-bond donors (Lipinski definition) is 3. The molecule has 4 aromatic rings. The van der Waals surface area contributed by atoms with E-state index < -0.39 is 6.03 Å². The highest BCUT2D eigenvalue weighted by molar-refractivity contribution is 7.21. The van der Waals surface area contributed by atoms with Crippen LogP contribution in [0.5, 0.6) is 17.4 Å². The van der Waals surface area contributed by atoms with E-state index in [1.54, 1.807) is 55.6 Å². The van der Waals surface area contributed by atoms with Crippen molar-refractivity contribution in [3.8, 4) is 17.4 Å². The second-order valence-electron chi connectivity index (χ2n) is 8.15. The average Bonchev–Trinajstić information content (AvgIpc) is 3.62. The van der Waals surface area contributed by atoms with E-state index in [2.05, 4.69) is 25.9 Å². The third-order valence-corrected chi connectivity index (χ3v) is 6.28. The van der Waals surface area contributed by atoms with E-state index in [4.69, 9.17) is 9.47 Å². The van der Waals surface area contributed by atoms with Crippen LogP contribution in [-0.4, -0.2) is 29.0 Å². The lowest BCUT2D eigenvalue weighted by Gasteiger charge is -2.12. The molecule has 1 aliphatic carbocycles. The largest absolute Gasteiger partial charge is 0.497 e. The maximum Gasteiger partial charge on any atom is 0.323 e. The van der Waals surface area contributed by atoms with Crippen molar-refractivity contribution in [3.63, 3.8) is 0 Å². The minimum Gasteiger partial charge on any atom is -0.497 e. The van der Waals surface area contributed by atoms with Crippen molar-refractivity contribution >= 4 is 50.1 Å². The van der Waals surface area contributed by atoms with Gasteiger partial charge in [0.2, 0.25) is 11.8 Å². The van der Waals surface area contributed by atoms with Crippen molar-refractivity contribution < 1.29 is 19.1 Å². The Morgan fingerprint density at radius 2 is 1.77 bits per heavy atom. The van der Waals surface area contributed by atoms with Crippen molar-refractivity contribution in [1.29, 1.82) is 0 Å². The number of anilines is 3. The number of amides is 3. The number of rotatable bonds is 7. The van der Waals surface area contributed by atoms with Crippen LogP contribution in [0.4, 0.5) is 21.3 Å². The van der Waals surface area contributed by atoms with Gasteiger partial charge >= 0.3 is 6.03 Å². The van der Waals surface area contributed by atoms with E-state index in [0.29, 0.717) is 44.2 Å². The Hall–Kier alpha value is -4.18. The minimum atomic E-state index is -0.391. The van der Waals surface area contributed by atoms with Crippen LogP contribution >= 0.6 is 11.3 Å². The zero-order valence-electron chi connectivity index (χ0n) is 19.1. The molecule has 0 atom stereocenters. The number of nitrogens with zero attached hydrogens (tertiary/aromatic N) is 2. The normalized spacial score (nSPS) is 12.7. The Morgan fingerprint density at radius 3 is 2.54 bits per heavy atom. The second kappa shape index (κ2) is 9.59. The van der Waals surface area contributed by atoms with Crippen LogP contribution in [0.1, 0.15) is 18.4 Å². The van der Waals surface area contributed by atoms with Crippen molar-refractivity contribution in [2.24, 2.45) is 5.92 Å². The average molecular weight is 490 g/mol. The molecular formula is C25H23N5O4S. The van der Waals surface area contributed by atoms with Gasteiger partial charge in [0.25, 0.3) is 0 Å². The number of carbonyl (C=O) groups is 2. The van der Waals surface area contributed by atoms with Crippen LogP contribution in [0.25, 0.3) is 10.3 Å². The van der Waals surface area contributed by atoms with Gasteiger partial charge < -0.3 is 25.4 Å². The van der Waals surface area contributed by atoms with Crippen LogP contribution < -0.4 is 25.4 Å². The molecule has 35 heavy (non-hydrogen) atoms. The number of carbonyl (C=O) groups excluding carboxylic acids is 2. The number of thiazole rings is 1. The molecule has 3 amide bonds. The third-order valence-electron chi connectivity index (χ3n) is 5.40. The van der Waals surface area contributed by atoms with Gasteiger partial charge in [-0.05, 0) is 49.6 Å². The fourth-order valence-electron chi connectivity index (χ4n) is 3.36. The number of benzene rings is 2. The number of fused-ring (bicyclic) bond motifs is 1. The van der Waals surface area contributed by atoms with Crippen LogP contribution in [0.15, 0.2) is 54.6 Å². The van der Waals surface area contributed by atoms with Gasteiger partial charge in [-0.25, -0.2) is 14.8 Å². The molecule has 2 aromatic heterocycles. The van der Waals surface area contributed by atoms with Crippen molar-refractivity contribution in [3.05, 3.63) is 60.2 Å². The molecule has 0 radical (unpaired) electrons. The Bertz CT molecular complexity index is 1420. The smallest absolute Gasteiger partial charge is 0.323 e. The van der Waals surface area contributed by atoms with Crippen molar-refractivity contribution in [2.45, 2.75) is 19.8 Å². The highest BCUT2D eigenvalue weighted by Gasteiger charge is 2.30. The topological polar surface area (TPSA) is 114 Å². The van der Waals surface area contributed by atoms with E-state index >= 15 is 0 Å². The number of aryl methyl sites for hydroxylation is 1. The van der Waals surface area contributed by atoms with Crippen LogP contribution in [0.3, 0.4) is 0 Å². The summed E-state index contributed by atoms with van der Waals surface area (Å²) < 4.78 is 11.2. The van der Waals surface area contributed by atoms with Gasteiger partial charge in [0.15, 0.2) is 5.13 Å². The Kier molecular flexibility index (Phi) is 6.19. The van der Waals surface area contributed by atoms with E-state index in [9.17, 15) is 9.59 Å². The van der Waals surface area contributed by atoms with Gasteiger partial charge in [-0.15, -0.1) is 0 Å². The summed E-state index contributed by atoms with van der Waals surface area (Å²) in [5.41, 5.74) is 2.75. The summed E-state index contributed by atoms with van der Waals surface area (Å²) in [5.74, 6) is 1.72. The molecule has 0 spiro atoms. The third kappa shape index (κ3) is 5.49. The number of hydrogen-bond acceptors (Lipinski definition) is 7. The summed E-state index contributed by atoms with van der Waals surface area (Å²) in [4.78, 5) is 34.1. The molecule has 1 saturated carbocycles. The van der Waals surface area contributed by atoms with Crippen LogP contribution in [0, 0.1) is 12.8 Å². The summed E-state index contributed by atoms with van der Waals surface area (Å²) in [5, 5.41) is 8.97. The van der Waals surface area contributed by atoms with E-state index in [-0.39, 0.29) is 11.8 Å². The quantitative estimate of drug-likeness (QED) is 0.303. The highest BCUT2D eigenvalue weighted by atomic mass is 32.1. The monoisotopic (exact) mass is 489 g/mol. The predicted molar refractivity (Wildman–Crippen MR) is 136 cm³/mol. The molecule has 2 heterocycles. The van der Waals surface area contributed by atoms with Crippen LogP contribution in [0.2, 0.25) is 0 Å². The second-order valence-corrected chi connectivity index (χ2v) is 9.13. The molecule has 0 saturated heterocycles. The Balaban J connectivity index is 1.27. The van der Waals surface area contributed by atoms with Crippen molar-refractivity contribution in [1.82, 2.24) is 9.97 Å². The maximum absolute atomic E-state index is 12.5. The lowest BCUT2D eigenvalue weighted by molar-refractivity contribution is -0.117. The first-order valence-electron chi connectivity index (χ1n) is 11.1. The summed E-state index contributed by atoms with van der Waals surface area (Å²) >= 11 is 1.31. The first-order chi connectivity index (χ1) is 17.0. The van der Waals surface area contributed by atoms with Gasteiger partial charge in [0, 0.05) is 35.5 Å². The van der Waals surface area contributed by atoms with E-state index in [1.807, 2.05) is 13.0 Å². The molecule has 178 valence electrons. The lowest BCUT2D eigenvalue weighted by Crippen LogP contribution is -2.19. The summed E-state index contributed by atoms with van der Waals surface area (Å²) in [7, 11) is 1.57. The predicted octanol–water partition coefficient (Wildman–Crippen LogP) is 5.79. The first-order valence-corrected chi connectivity index (χ1v) is 11.9. The Labute approximate surface area is 205 Å². The van der Waals surface area contributed by atoms with Crippen LogP contribution in [-0.2, 0) is 4.79 Å². The minimum absolute atomic E-state index is 0.0101. The summed E-state index contributed by atoms with van der Waals surface area (Å²) in [6, 6.07) is 15.6. The molecule has 5 rings (SSSR count). The molecular weight excluding hydrogens is 466 g/mol. The standard InChI is InChI=1S/C25H23N5O4S/c1-14-6-9-17(27-24(32)26-16-4-3-5-18(12-16)33-2)13-20(14)34-21-11-10-19-23(29-21)35-25(28-19)30-22(31)15-7-8-15/h3-6,9-13,15H,7-8H2,1-2H3,(H2,26,27,32)(H,28,30,31). The lowest BCUT2D eigenvalue weighted by atomic mass is 10.2. The molecule has 0 unspecified atom stereocenters. The fourth-order valence-corrected chi connectivity index (χ4v) is 4.19. The first kappa shape index (κ1) is 22.6. The molecule has 3 N–H and O–H groups in total. The highest BCUT2D eigenvalue weighted by Crippen LogP contribution is 2.33. The van der Waals surface area contributed by atoms with Gasteiger partial charge in [-0.1, -0.05) is 23.5 Å². The number of nitrogens with one attached hydrogen (secondary N) is 3. The molecule has 9 nitrogen and oxygen atoms in total. The van der Waals surface area contributed by atoms with E-state index in [0.717, 1.165) is 18.4 Å². The number of pyridine rings is 1. The number of ether oxygens (including phenoxy) is 2. The number of methoxy groups -OCH3 is 1.